The number of pyridine rings is 1. The van der Waals surface area contributed by atoms with Gasteiger partial charge in [0.1, 0.15) is 28.7 Å². The van der Waals surface area contributed by atoms with Crippen LogP contribution in [0, 0.1) is 11.6 Å². The number of carbonyl (C=O) groups excluding carboxylic acids is 1. The number of morpholine rings is 1. The molecule has 0 aliphatic carbocycles. The van der Waals surface area contributed by atoms with Crippen molar-refractivity contribution in [2.24, 2.45) is 0 Å². The molecular formula is C21H19F2N3O3. The van der Waals surface area contributed by atoms with Gasteiger partial charge in [-0.05, 0) is 30.3 Å². The van der Waals surface area contributed by atoms with Crippen molar-refractivity contribution in [2.75, 3.05) is 43.1 Å². The smallest absolute Gasteiger partial charge is 0.262 e. The van der Waals surface area contributed by atoms with E-state index in [2.05, 4.69) is 10.2 Å². The Morgan fingerprint density at radius 3 is 2.76 bits per heavy atom. The third kappa shape index (κ3) is 4.43. The number of hydrogen-bond acceptors (Lipinski definition) is 5. The van der Waals surface area contributed by atoms with Gasteiger partial charge in [0.25, 0.3) is 5.91 Å². The summed E-state index contributed by atoms with van der Waals surface area (Å²) in [6.07, 6.45) is 0. The number of aromatic nitrogens is 1. The van der Waals surface area contributed by atoms with Crippen LogP contribution in [0.5, 0.6) is 5.75 Å². The standard InChI is InChI=1S/C21H19F2N3O3/c22-15-5-6-17(16(23)12-15)24-20(27)13-29-18-3-1-2-14-4-7-19(25-21(14)18)26-8-10-28-11-9-26/h1-7,12H,8-11,13H2,(H,24,27). The monoisotopic (exact) mass is 399 g/mol. The highest BCUT2D eigenvalue weighted by atomic mass is 19.1. The van der Waals surface area contributed by atoms with Crippen LogP contribution in [0.25, 0.3) is 10.9 Å². The Balaban J connectivity index is 1.48. The second-order valence-electron chi connectivity index (χ2n) is 6.56. The summed E-state index contributed by atoms with van der Waals surface area (Å²) < 4.78 is 37.7. The van der Waals surface area contributed by atoms with Crippen molar-refractivity contribution in [1.29, 1.82) is 0 Å². The molecule has 2 aromatic carbocycles. The summed E-state index contributed by atoms with van der Waals surface area (Å²) in [6.45, 7) is 2.48. The maximum atomic E-state index is 13.7. The van der Waals surface area contributed by atoms with Gasteiger partial charge in [0.2, 0.25) is 0 Å². The maximum absolute atomic E-state index is 13.7. The summed E-state index contributed by atoms with van der Waals surface area (Å²) in [5.41, 5.74) is 0.530. The van der Waals surface area contributed by atoms with E-state index in [0.717, 1.165) is 36.4 Å². The van der Waals surface area contributed by atoms with Crippen LogP contribution < -0.4 is 15.0 Å². The van der Waals surface area contributed by atoms with Crippen LogP contribution in [-0.2, 0) is 9.53 Å². The molecule has 0 unspecified atom stereocenters. The van der Waals surface area contributed by atoms with E-state index >= 15 is 0 Å². The van der Waals surface area contributed by atoms with E-state index < -0.39 is 17.5 Å². The minimum atomic E-state index is -0.847. The van der Waals surface area contributed by atoms with Crippen molar-refractivity contribution >= 4 is 28.3 Å². The molecule has 0 saturated carbocycles. The fourth-order valence-electron chi connectivity index (χ4n) is 3.12. The molecule has 0 atom stereocenters. The average Bonchev–Trinajstić information content (AvgIpc) is 2.74. The van der Waals surface area contributed by atoms with Crippen LogP contribution >= 0.6 is 0 Å². The van der Waals surface area contributed by atoms with E-state index in [1.807, 2.05) is 24.3 Å². The summed E-state index contributed by atoms with van der Waals surface area (Å²) in [6, 6.07) is 12.3. The Bertz CT molecular complexity index is 1040. The first-order valence-corrected chi connectivity index (χ1v) is 9.20. The zero-order valence-corrected chi connectivity index (χ0v) is 15.5. The molecular weight excluding hydrogens is 380 g/mol. The van der Waals surface area contributed by atoms with E-state index in [1.165, 1.54) is 0 Å². The summed E-state index contributed by atoms with van der Waals surface area (Å²) in [5, 5.41) is 3.25. The summed E-state index contributed by atoms with van der Waals surface area (Å²) >= 11 is 0. The summed E-state index contributed by atoms with van der Waals surface area (Å²) in [7, 11) is 0. The summed E-state index contributed by atoms with van der Waals surface area (Å²) in [5.74, 6) is -0.853. The lowest BCUT2D eigenvalue weighted by molar-refractivity contribution is -0.118. The minimum Gasteiger partial charge on any atom is -0.481 e. The first-order valence-electron chi connectivity index (χ1n) is 9.20. The second-order valence-corrected chi connectivity index (χ2v) is 6.56. The number of para-hydroxylation sites is 1. The Hall–Kier alpha value is -3.26. The first-order chi connectivity index (χ1) is 14.1. The zero-order chi connectivity index (χ0) is 20.2. The van der Waals surface area contributed by atoms with Crippen LogP contribution in [0.1, 0.15) is 0 Å². The van der Waals surface area contributed by atoms with Gasteiger partial charge in [-0.25, -0.2) is 13.8 Å². The minimum absolute atomic E-state index is 0.106. The lowest BCUT2D eigenvalue weighted by atomic mass is 10.2. The molecule has 1 aromatic heterocycles. The van der Waals surface area contributed by atoms with Gasteiger partial charge in [0.15, 0.2) is 6.61 Å². The molecule has 3 aromatic rings. The largest absolute Gasteiger partial charge is 0.481 e. The molecule has 4 rings (SSSR count). The molecule has 1 fully saturated rings. The normalized spacial score (nSPS) is 14.1. The molecule has 0 bridgehead atoms. The number of fused-ring (bicyclic) bond motifs is 1. The van der Waals surface area contributed by atoms with Gasteiger partial charge in [0, 0.05) is 24.5 Å². The van der Waals surface area contributed by atoms with E-state index in [1.54, 1.807) is 6.07 Å². The molecule has 1 aliphatic heterocycles. The number of nitrogens with zero attached hydrogens (tertiary/aromatic N) is 2. The van der Waals surface area contributed by atoms with Crippen LogP contribution in [0.3, 0.4) is 0 Å². The van der Waals surface area contributed by atoms with Gasteiger partial charge in [0.05, 0.1) is 18.9 Å². The van der Waals surface area contributed by atoms with Crippen LogP contribution in [0.2, 0.25) is 0 Å². The van der Waals surface area contributed by atoms with Gasteiger partial charge in [-0.15, -0.1) is 0 Å². The number of nitrogens with one attached hydrogen (secondary N) is 1. The quantitative estimate of drug-likeness (QED) is 0.713. The molecule has 0 spiro atoms. The highest BCUT2D eigenvalue weighted by Crippen LogP contribution is 2.27. The Labute approximate surface area is 166 Å². The third-order valence-corrected chi connectivity index (χ3v) is 4.57. The molecule has 29 heavy (non-hydrogen) atoms. The summed E-state index contributed by atoms with van der Waals surface area (Å²) in [4.78, 5) is 19.0. The number of hydrogen-bond donors (Lipinski definition) is 1. The van der Waals surface area contributed by atoms with Crippen molar-refractivity contribution in [3.05, 3.63) is 60.2 Å². The van der Waals surface area contributed by atoms with E-state index in [4.69, 9.17) is 14.5 Å². The van der Waals surface area contributed by atoms with Crippen LogP contribution in [0.15, 0.2) is 48.5 Å². The lowest BCUT2D eigenvalue weighted by Crippen LogP contribution is -2.36. The van der Waals surface area contributed by atoms with Gasteiger partial charge < -0.3 is 19.7 Å². The van der Waals surface area contributed by atoms with Crippen molar-refractivity contribution in [3.8, 4) is 5.75 Å². The van der Waals surface area contributed by atoms with Gasteiger partial charge in [-0.3, -0.25) is 4.79 Å². The number of carbonyl (C=O) groups is 1. The van der Waals surface area contributed by atoms with Crippen molar-refractivity contribution < 1.29 is 23.0 Å². The molecule has 2 heterocycles. The molecule has 1 amide bonds. The molecule has 1 aliphatic rings. The van der Waals surface area contributed by atoms with E-state index in [9.17, 15) is 13.6 Å². The van der Waals surface area contributed by atoms with Crippen LogP contribution in [0.4, 0.5) is 20.3 Å². The van der Waals surface area contributed by atoms with Crippen LogP contribution in [-0.4, -0.2) is 43.8 Å². The van der Waals surface area contributed by atoms with Gasteiger partial charge >= 0.3 is 0 Å². The Morgan fingerprint density at radius 1 is 1.14 bits per heavy atom. The Morgan fingerprint density at radius 2 is 1.97 bits per heavy atom. The number of ether oxygens (including phenoxy) is 2. The molecule has 8 heteroatoms. The highest BCUT2D eigenvalue weighted by molar-refractivity contribution is 5.92. The molecule has 1 saturated heterocycles. The lowest BCUT2D eigenvalue weighted by Gasteiger charge is -2.28. The zero-order valence-electron chi connectivity index (χ0n) is 15.5. The number of halogens is 2. The van der Waals surface area contributed by atoms with Crippen molar-refractivity contribution in [2.45, 2.75) is 0 Å². The number of anilines is 2. The first kappa shape index (κ1) is 19.1. The fourth-order valence-corrected chi connectivity index (χ4v) is 3.12. The number of amides is 1. The number of benzene rings is 2. The van der Waals surface area contributed by atoms with Crippen molar-refractivity contribution in [3.63, 3.8) is 0 Å². The maximum Gasteiger partial charge on any atom is 0.262 e. The van der Waals surface area contributed by atoms with E-state index in [0.29, 0.717) is 30.5 Å². The SMILES string of the molecule is O=C(COc1cccc2ccc(N3CCOCC3)nc12)Nc1ccc(F)cc1F. The topological polar surface area (TPSA) is 63.7 Å². The van der Waals surface area contributed by atoms with E-state index in [-0.39, 0.29) is 12.3 Å². The van der Waals surface area contributed by atoms with Crippen molar-refractivity contribution in [1.82, 2.24) is 4.98 Å². The fraction of sp³-hybridized carbons (Fsp3) is 0.238. The third-order valence-electron chi connectivity index (χ3n) is 4.57. The average molecular weight is 399 g/mol. The van der Waals surface area contributed by atoms with Gasteiger partial charge in [-0.2, -0.15) is 0 Å². The Kier molecular flexibility index (Phi) is 5.53. The second kappa shape index (κ2) is 8.40. The molecule has 1 N–H and O–H groups in total. The number of rotatable bonds is 5. The predicted octanol–water partition coefficient (Wildman–Crippen LogP) is 3.37. The highest BCUT2D eigenvalue weighted by Gasteiger charge is 2.15. The molecule has 150 valence electrons. The molecule has 0 radical (unpaired) electrons. The predicted molar refractivity (Wildman–Crippen MR) is 105 cm³/mol. The van der Waals surface area contributed by atoms with Gasteiger partial charge in [-0.1, -0.05) is 12.1 Å². The molecule has 6 nitrogen and oxygen atoms in total.